The van der Waals surface area contributed by atoms with Crippen LogP contribution in [0.15, 0.2) is 28.0 Å². The van der Waals surface area contributed by atoms with Crippen LogP contribution >= 0.6 is 11.8 Å². The highest BCUT2D eigenvalue weighted by molar-refractivity contribution is 7.99. The van der Waals surface area contributed by atoms with Crippen molar-refractivity contribution in [2.75, 3.05) is 17.6 Å². The van der Waals surface area contributed by atoms with Gasteiger partial charge in [0.2, 0.25) is 15.9 Å². The van der Waals surface area contributed by atoms with Crippen molar-refractivity contribution in [3.63, 3.8) is 0 Å². The summed E-state index contributed by atoms with van der Waals surface area (Å²) in [6, 6.07) is 4.81. The Balaban J connectivity index is 2.39. The lowest BCUT2D eigenvalue weighted by atomic mass is 10.2. The van der Waals surface area contributed by atoms with Crippen molar-refractivity contribution in [1.82, 2.24) is 4.72 Å². The van der Waals surface area contributed by atoms with Gasteiger partial charge < -0.3 is 5.32 Å². The second kappa shape index (κ2) is 5.52. The normalized spacial score (nSPS) is 19.5. The van der Waals surface area contributed by atoms with Crippen LogP contribution in [0.3, 0.4) is 0 Å². The second-order valence-corrected chi connectivity index (χ2v) is 7.19. The highest BCUT2D eigenvalue weighted by Crippen LogP contribution is 2.33. The Labute approximate surface area is 117 Å². The number of carbonyl (C=O) groups excluding carboxylic acids is 1. The Bertz CT molecular complexity index is 599. The molecule has 1 aromatic rings. The molecule has 1 amide bonds. The molecule has 0 radical (unpaired) electrons. The zero-order valence-electron chi connectivity index (χ0n) is 10.8. The van der Waals surface area contributed by atoms with Crippen molar-refractivity contribution in [3.05, 3.63) is 18.2 Å². The van der Waals surface area contributed by atoms with E-state index in [1.54, 1.807) is 30.8 Å². The summed E-state index contributed by atoms with van der Waals surface area (Å²) in [7, 11) is -3.50. The van der Waals surface area contributed by atoms with E-state index in [-0.39, 0.29) is 16.7 Å². The summed E-state index contributed by atoms with van der Waals surface area (Å²) in [4.78, 5) is 12.8. The van der Waals surface area contributed by atoms with Crippen LogP contribution in [0.25, 0.3) is 0 Å². The lowest BCUT2D eigenvalue weighted by Gasteiger charge is -2.10. The molecular formula is C12H16N2O3S2. The van der Waals surface area contributed by atoms with Crippen LogP contribution in [0.2, 0.25) is 0 Å². The van der Waals surface area contributed by atoms with Crippen molar-refractivity contribution in [1.29, 1.82) is 0 Å². The van der Waals surface area contributed by atoms with E-state index in [2.05, 4.69) is 10.0 Å². The average Bonchev–Trinajstić information content (AvgIpc) is 2.49. The third-order valence-corrected chi connectivity index (χ3v) is 5.67. The molecule has 2 rings (SSSR count). The zero-order valence-corrected chi connectivity index (χ0v) is 12.4. The fourth-order valence-corrected chi connectivity index (χ4v) is 3.80. The quantitative estimate of drug-likeness (QED) is 0.890. The first kappa shape index (κ1) is 14.4. The first-order valence-corrected chi connectivity index (χ1v) is 8.48. The van der Waals surface area contributed by atoms with E-state index in [9.17, 15) is 13.2 Å². The summed E-state index contributed by atoms with van der Waals surface area (Å²) in [5.41, 5.74) is 0.568. The summed E-state index contributed by atoms with van der Waals surface area (Å²) in [5, 5.41) is 2.77. The van der Waals surface area contributed by atoms with Gasteiger partial charge in [0.15, 0.2) is 0 Å². The third-order valence-electron chi connectivity index (χ3n) is 2.79. The number of benzene rings is 1. The van der Waals surface area contributed by atoms with Gasteiger partial charge in [0.1, 0.15) is 0 Å². The van der Waals surface area contributed by atoms with Crippen LogP contribution in [0.1, 0.15) is 13.8 Å². The van der Waals surface area contributed by atoms with Gasteiger partial charge >= 0.3 is 0 Å². The van der Waals surface area contributed by atoms with E-state index in [0.29, 0.717) is 18.0 Å². The molecule has 1 aliphatic rings. The molecule has 1 aliphatic heterocycles. The lowest BCUT2D eigenvalue weighted by Crippen LogP contribution is -2.23. The van der Waals surface area contributed by atoms with Crippen molar-refractivity contribution in [2.24, 2.45) is 5.92 Å². The number of nitrogens with one attached hydrogen (secondary N) is 2. The molecule has 1 heterocycles. The van der Waals surface area contributed by atoms with Crippen LogP contribution in [0.5, 0.6) is 0 Å². The molecule has 104 valence electrons. The highest BCUT2D eigenvalue weighted by Gasteiger charge is 2.22. The van der Waals surface area contributed by atoms with E-state index in [1.807, 2.05) is 6.92 Å². The lowest BCUT2D eigenvalue weighted by molar-refractivity contribution is -0.118. The summed E-state index contributed by atoms with van der Waals surface area (Å²) in [6.45, 7) is 3.91. The van der Waals surface area contributed by atoms with E-state index in [1.165, 1.54) is 6.07 Å². The minimum Gasteiger partial charge on any atom is -0.325 e. The van der Waals surface area contributed by atoms with Crippen LogP contribution in [0, 0.1) is 5.92 Å². The van der Waals surface area contributed by atoms with E-state index >= 15 is 0 Å². The Kier molecular flexibility index (Phi) is 4.17. The Morgan fingerprint density at radius 2 is 2.21 bits per heavy atom. The predicted molar refractivity (Wildman–Crippen MR) is 75.8 cm³/mol. The topological polar surface area (TPSA) is 75.3 Å². The van der Waals surface area contributed by atoms with Crippen LogP contribution in [-0.4, -0.2) is 26.6 Å². The molecule has 19 heavy (non-hydrogen) atoms. The number of sulfonamides is 1. The Hall–Kier alpha value is -1.05. The number of hydrogen-bond donors (Lipinski definition) is 2. The maximum absolute atomic E-state index is 11.9. The van der Waals surface area contributed by atoms with Crippen LogP contribution < -0.4 is 10.0 Å². The first-order valence-electron chi connectivity index (χ1n) is 6.01. The van der Waals surface area contributed by atoms with Gasteiger partial charge in [0.25, 0.3) is 0 Å². The summed E-state index contributed by atoms with van der Waals surface area (Å²) in [6.07, 6.45) is 0. The SMILES string of the molecule is CCNS(=O)(=O)c1ccc2c(c1)NC(=O)[C@H](C)CS2. The minimum atomic E-state index is -3.50. The minimum absolute atomic E-state index is 0.0794. The predicted octanol–water partition coefficient (Wildman–Crippen LogP) is 1.67. The number of amides is 1. The van der Waals surface area contributed by atoms with Crippen LogP contribution in [-0.2, 0) is 14.8 Å². The fourth-order valence-electron chi connectivity index (χ4n) is 1.72. The standard InChI is InChI=1S/C12H16N2O3S2/c1-3-13-19(16,17)9-4-5-11-10(6-9)14-12(15)8(2)7-18-11/h4-6,8,13H,3,7H2,1-2H3,(H,14,15)/t8-/m1/s1. The summed E-state index contributed by atoms with van der Waals surface area (Å²) >= 11 is 1.56. The van der Waals surface area contributed by atoms with Gasteiger partial charge in [-0.2, -0.15) is 0 Å². The number of fused-ring (bicyclic) bond motifs is 1. The van der Waals surface area contributed by atoms with Gasteiger partial charge in [-0.25, -0.2) is 13.1 Å². The Morgan fingerprint density at radius 1 is 1.47 bits per heavy atom. The van der Waals surface area contributed by atoms with E-state index in [4.69, 9.17) is 0 Å². The maximum Gasteiger partial charge on any atom is 0.240 e. The molecule has 1 atom stereocenters. The molecule has 0 bridgehead atoms. The molecule has 0 fully saturated rings. The molecule has 0 unspecified atom stereocenters. The van der Waals surface area contributed by atoms with Crippen molar-refractivity contribution < 1.29 is 13.2 Å². The van der Waals surface area contributed by atoms with Crippen molar-refractivity contribution in [2.45, 2.75) is 23.6 Å². The smallest absolute Gasteiger partial charge is 0.240 e. The molecule has 5 nitrogen and oxygen atoms in total. The maximum atomic E-state index is 11.9. The number of hydrogen-bond acceptors (Lipinski definition) is 4. The largest absolute Gasteiger partial charge is 0.325 e. The summed E-state index contributed by atoms with van der Waals surface area (Å²) < 4.78 is 26.3. The molecule has 0 saturated heterocycles. The molecule has 2 N–H and O–H groups in total. The van der Waals surface area contributed by atoms with Gasteiger partial charge in [-0.1, -0.05) is 13.8 Å². The number of thioether (sulfide) groups is 1. The monoisotopic (exact) mass is 300 g/mol. The molecule has 7 heteroatoms. The van der Waals surface area contributed by atoms with Crippen molar-refractivity contribution >= 4 is 33.4 Å². The van der Waals surface area contributed by atoms with Crippen LogP contribution in [0.4, 0.5) is 5.69 Å². The molecule has 0 saturated carbocycles. The number of anilines is 1. The summed E-state index contributed by atoms with van der Waals surface area (Å²) in [5.74, 6) is 0.522. The second-order valence-electron chi connectivity index (χ2n) is 4.36. The zero-order chi connectivity index (χ0) is 14.0. The molecule has 0 spiro atoms. The van der Waals surface area contributed by atoms with Gasteiger partial charge in [0, 0.05) is 23.1 Å². The molecule has 1 aromatic carbocycles. The average molecular weight is 300 g/mol. The first-order chi connectivity index (χ1) is 8.94. The molecular weight excluding hydrogens is 284 g/mol. The molecule has 0 aliphatic carbocycles. The fraction of sp³-hybridized carbons (Fsp3) is 0.417. The molecule has 0 aromatic heterocycles. The highest BCUT2D eigenvalue weighted by atomic mass is 32.2. The number of rotatable bonds is 3. The van der Waals surface area contributed by atoms with E-state index in [0.717, 1.165) is 4.90 Å². The van der Waals surface area contributed by atoms with Gasteiger partial charge in [-0.15, -0.1) is 11.8 Å². The Morgan fingerprint density at radius 3 is 2.89 bits per heavy atom. The van der Waals surface area contributed by atoms with E-state index < -0.39 is 10.0 Å². The third kappa shape index (κ3) is 3.10. The number of carbonyl (C=O) groups is 1. The van der Waals surface area contributed by atoms with Gasteiger partial charge in [-0.05, 0) is 18.2 Å². The van der Waals surface area contributed by atoms with Gasteiger partial charge in [0.05, 0.1) is 10.6 Å². The van der Waals surface area contributed by atoms with Crippen molar-refractivity contribution in [3.8, 4) is 0 Å². The van der Waals surface area contributed by atoms with Gasteiger partial charge in [-0.3, -0.25) is 4.79 Å².